The van der Waals surface area contributed by atoms with Gasteiger partial charge in [-0.1, -0.05) is 18.2 Å². The molecule has 0 aliphatic rings. The molecule has 118 valence electrons. The third-order valence-corrected chi connectivity index (χ3v) is 4.10. The molecule has 0 atom stereocenters. The van der Waals surface area contributed by atoms with Gasteiger partial charge >= 0.3 is 5.63 Å². The van der Waals surface area contributed by atoms with Crippen molar-refractivity contribution in [2.75, 3.05) is 0 Å². The first-order valence-electron chi connectivity index (χ1n) is 7.05. The number of hydrogen-bond acceptors (Lipinski definition) is 6. The van der Waals surface area contributed by atoms with Crippen molar-refractivity contribution in [1.82, 2.24) is 0 Å². The summed E-state index contributed by atoms with van der Waals surface area (Å²) in [4.78, 5) is 17.0. The highest BCUT2D eigenvalue weighted by Crippen LogP contribution is 2.27. The average Bonchev–Trinajstić information content (AvgIpc) is 2.56. The van der Waals surface area contributed by atoms with Crippen LogP contribution in [0.1, 0.15) is 11.1 Å². The summed E-state index contributed by atoms with van der Waals surface area (Å²) < 4.78 is 4.86. The van der Waals surface area contributed by atoms with E-state index in [9.17, 15) is 9.90 Å². The standard InChI is InChI=1S/C18H12N2O3S/c1-11-8-12(24-10-19)6-7-16(11)20-9-15-13-4-2-3-5-14(13)17(21)23-18(15)22/h2-9,22H,1H3. The van der Waals surface area contributed by atoms with Crippen LogP contribution in [0.5, 0.6) is 5.95 Å². The molecule has 5 nitrogen and oxygen atoms in total. The summed E-state index contributed by atoms with van der Waals surface area (Å²) >= 11 is 1.08. The number of nitrogens with zero attached hydrogens (tertiary/aromatic N) is 2. The molecular weight excluding hydrogens is 324 g/mol. The molecule has 0 saturated heterocycles. The van der Waals surface area contributed by atoms with E-state index in [-0.39, 0.29) is 0 Å². The molecule has 0 unspecified atom stereocenters. The van der Waals surface area contributed by atoms with Gasteiger partial charge in [0, 0.05) is 16.5 Å². The van der Waals surface area contributed by atoms with Crippen LogP contribution < -0.4 is 5.63 Å². The van der Waals surface area contributed by atoms with Crippen LogP contribution in [-0.2, 0) is 0 Å². The Kier molecular flexibility index (Phi) is 4.36. The number of thioether (sulfide) groups is 1. The zero-order chi connectivity index (χ0) is 17.1. The number of nitriles is 1. The Labute approximate surface area is 141 Å². The fourth-order valence-corrected chi connectivity index (χ4v) is 2.83. The number of hydrogen-bond donors (Lipinski definition) is 1. The van der Waals surface area contributed by atoms with Crippen LogP contribution in [0.4, 0.5) is 5.69 Å². The zero-order valence-corrected chi connectivity index (χ0v) is 13.5. The minimum absolute atomic E-state index is 0.347. The monoisotopic (exact) mass is 336 g/mol. The smallest absolute Gasteiger partial charge is 0.346 e. The third-order valence-electron chi connectivity index (χ3n) is 3.52. The summed E-state index contributed by atoms with van der Waals surface area (Å²) in [5.74, 6) is -0.461. The number of thiocyanates is 1. The number of aromatic hydroxyl groups is 1. The Bertz CT molecular complexity index is 1050. The molecule has 1 heterocycles. The molecule has 2 aromatic carbocycles. The van der Waals surface area contributed by atoms with Crippen LogP contribution in [-0.4, -0.2) is 11.3 Å². The predicted octanol–water partition coefficient (Wildman–Crippen LogP) is 4.13. The number of rotatable bonds is 3. The van der Waals surface area contributed by atoms with E-state index in [2.05, 4.69) is 4.99 Å². The normalized spacial score (nSPS) is 11.0. The van der Waals surface area contributed by atoms with Crippen molar-refractivity contribution >= 4 is 34.4 Å². The molecule has 3 rings (SSSR count). The SMILES string of the molecule is Cc1cc(SC#N)ccc1N=Cc1c(O)oc(=O)c2ccccc12. The Morgan fingerprint density at radius 3 is 2.71 bits per heavy atom. The van der Waals surface area contributed by atoms with Crippen LogP contribution in [0.25, 0.3) is 10.8 Å². The lowest BCUT2D eigenvalue weighted by molar-refractivity contribution is 0.312. The van der Waals surface area contributed by atoms with Crippen molar-refractivity contribution in [2.24, 2.45) is 4.99 Å². The van der Waals surface area contributed by atoms with Crippen LogP contribution in [0.2, 0.25) is 0 Å². The van der Waals surface area contributed by atoms with E-state index in [1.807, 2.05) is 18.4 Å². The predicted molar refractivity (Wildman–Crippen MR) is 94.1 cm³/mol. The average molecular weight is 336 g/mol. The maximum Gasteiger partial charge on any atom is 0.346 e. The van der Waals surface area contributed by atoms with Crippen molar-refractivity contribution < 1.29 is 9.52 Å². The first-order chi connectivity index (χ1) is 11.6. The van der Waals surface area contributed by atoms with Crippen molar-refractivity contribution in [1.29, 1.82) is 5.26 Å². The summed E-state index contributed by atoms with van der Waals surface area (Å²) in [6.07, 6.45) is 1.47. The number of fused-ring (bicyclic) bond motifs is 1. The van der Waals surface area contributed by atoms with Gasteiger partial charge in [0.25, 0.3) is 5.95 Å². The van der Waals surface area contributed by atoms with Gasteiger partial charge in [0.15, 0.2) is 0 Å². The van der Waals surface area contributed by atoms with Gasteiger partial charge in [0.1, 0.15) is 5.40 Å². The Balaban J connectivity index is 2.06. The van der Waals surface area contributed by atoms with E-state index in [1.54, 1.807) is 36.4 Å². The second kappa shape index (κ2) is 6.60. The minimum atomic E-state index is -0.589. The van der Waals surface area contributed by atoms with Crippen LogP contribution in [0, 0.1) is 17.6 Å². The summed E-state index contributed by atoms with van der Waals surface area (Å²) in [6.45, 7) is 1.89. The molecule has 0 fully saturated rings. The van der Waals surface area contributed by atoms with E-state index in [0.717, 1.165) is 22.2 Å². The molecular formula is C18H12N2O3S. The Morgan fingerprint density at radius 1 is 1.25 bits per heavy atom. The first-order valence-corrected chi connectivity index (χ1v) is 7.87. The molecule has 3 aromatic rings. The van der Waals surface area contributed by atoms with E-state index in [4.69, 9.17) is 9.68 Å². The molecule has 0 aliphatic carbocycles. The van der Waals surface area contributed by atoms with Gasteiger partial charge < -0.3 is 9.52 Å². The lowest BCUT2D eigenvalue weighted by Crippen LogP contribution is -2.01. The maximum absolute atomic E-state index is 11.8. The van der Waals surface area contributed by atoms with Crippen LogP contribution in [0.3, 0.4) is 0 Å². The van der Waals surface area contributed by atoms with Crippen molar-refractivity contribution in [3.05, 3.63) is 64.0 Å². The highest BCUT2D eigenvalue weighted by molar-refractivity contribution is 8.03. The summed E-state index contributed by atoms with van der Waals surface area (Å²) in [6, 6.07) is 12.3. The Morgan fingerprint density at radius 2 is 2.00 bits per heavy atom. The van der Waals surface area contributed by atoms with Gasteiger partial charge in [-0.05, 0) is 48.5 Å². The molecule has 6 heteroatoms. The lowest BCUT2D eigenvalue weighted by Gasteiger charge is -2.04. The van der Waals surface area contributed by atoms with E-state index in [0.29, 0.717) is 22.0 Å². The van der Waals surface area contributed by atoms with Crippen LogP contribution >= 0.6 is 11.8 Å². The van der Waals surface area contributed by atoms with Gasteiger partial charge in [0.2, 0.25) is 0 Å². The third kappa shape index (κ3) is 3.03. The van der Waals surface area contributed by atoms with Crippen LogP contribution in [0.15, 0.2) is 61.6 Å². The number of benzene rings is 2. The van der Waals surface area contributed by atoms with Crippen molar-refractivity contribution in [3.63, 3.8) is 0 Å². The second-order valence-corrected chi connectivity index (χ2v) is 5.91. The minimum Gasteiger partial charge on any atom is -0.480 e. The zero-order valence-electron chi connectivity index (χ0n) is 12.7. The second-order valence-electron chi connectivity index (χ2n) is 5.05. The van der Waals surface area contributed by atoms with E-state index >= 15 is 0 Å². The van der Waals surface area contributed by atoms with Crippen molar-refractivity contribution in [3.8, 4) is 11.3 Å². The molecule has 0 bridgehead atoms. The molecule has 1 aromatic heterocycles. The fourth-order valence-electron chi connectivity index (χ4n) is 2.36. The molecule has 0 saturated carbocycles. The summed E-state index contributed by atoms with van der Waals surface area (Å²) in [7, 11) is 0. The maximum atomic E-state index is 11.8. The summed E-state index contributed by atoms with van der Waals surface area (Å²) in [5.41, 5.74) is 1.36. The molecule has 0 radical (unpaired) electrons. The molecule has 24 heavy (non-hydrogen) atoms. The highest BCUT2D eigenvalue weighted by atomic mass is 32.2. The summed E-state index contributed by atoms with van der Waals surface area (Å²) in [5, 5.41) is 21.6. The van der Waals surface area contributed by atoms with Gasteiger partial charge in [-0.25, -0.2) is 4.79 Å². The lowest BCUT2D eigenvalue weighted by atomic mass is 10.1. The molecule has 0 spiro atoms. The first kappa shape index (κ1) is 15.8. The number of aliphatic imine (C=N–C) groups is 1. The van der Waals surface area contributed by atoms with Gasteiger partial charge in [-0.15, -0.1) is 0 Å². The highest BCUT2D eigenvalue weighted by Gasteiger charge is 2.11. The quantitative estimate of drug-likeness (QED) is 0.441. The molecule has 0 amide bonds. The van der Waals surface area contributed by atoms with E-state index in [1.165, 1.54) is 6.21 Å². The fraction of sp³-hybridized carbons (Fsp3) is 0.0556. The molecule has 0 aliphatic heterocycles. The number of aryl methyl sites for hydroxylation is 1. The van der Waals surface area contributed by atoms with Gasteiger partial charge in [-0.3, -0.25) is 4.99 Å². The molecule has 1 N–H and O–H groups in total. The van der Waals surface area contributed by atoms with E-state index < -0.39 is 11.6 Å². The Hall–Kier alpha value is -3.04. The van der Waals surface area contributed by atoms with Crippen molar-refractivity contribution in [2.45, 2.75) is 11.8 Å². The van der Waals surface area contributed by atoms with Gasteiger partial charge in [-0.2, -0.15) is 5.26 Å². The topological polar surface area (TPSA) is 86.6 Å². The largest absolute Gasteiger partial charge is 0.480 e. The van der Waals surface area contributed by atoms with Gasteiger partial charge in [0.05, 0.1) is 16.6 Å².